The first kappa shape index (κ1) is 41.1. The van der Waals surface area contributed by atoms with Gasteiger partial charge < -0.3 is 19.7 Å². The van der Waals surface area contributed by atoms with E-state index in [1.54, 1.807) is 0 Å². The van der Waals surface area contributed by atoms with Gasteiger partial charge in [0.2, 0.25) is 0 Å². The number of ketones is 2. The molecule has 4 fully saturated rings. The van der Waals surface area contributed by atoms with Crippen LogP contribution in [0.1, 0.15) is 120 Å². The van der Waals surface area contributed by atoms with Crippen molar-refractivity contribution in [1.82, 2.24) is 0 Å². The molecule has 0 saturated heterocycles. The zero-order chi connectivity index (χ0) is 34.0. The van der Waals surface area contributed by atoms with Crippen molar-refractivity contribution in [1.29, 1.82) is 0 Å². The van der Waals surface area contributed by atoms with Crippen LogP contribution in [0.3, 0.4) is 0 Å². The average Bonchev–Trinajstić information content (AvgIpc) is 3.42. The minimum absolute atomic E-state index is 0.0248. The lowest BCUT2D eigenvalue weighted by Crippen LogP contribution is -2.84. The van der Waals surface area contributed by atoms with Gasteiger partial charge in [0.15, 0.2) is 0 Å². The SMILES string of the molecule is CC1(C)[C@@H]2CC[C@@]1(CS(=O)(=O)[O-])C(=O)C2.CC1(C)[C@@H]2CC[C@@]1(CS(=O)(=O)[O-])C(=O)C2.CCC[NH2+]CCC.CCC[NH2+]CCC. The number of nitrogens with two attached hydrogens (primary N) is 2. The van der Waals surface area contributed by atoms with Crippen LogP contribution in [0.25, 0.3) is 0 Å². The summed E-state index contributed by atoms with van der Waals surface area (Å²) in [4.78, 5) is 23.7. The highest BCUT2D eigenvalue weighted by Gasteiger charge is 2.65. The summed E-state index contributed by atoms with van der Waals surface area (Å²) in [5, 5.41) is 4.72. The van der Waals surface area contributed by atoms with Gasteiger partial charge in [0.1, 0.15) is 11.6 Å². The molecule has 4 aliphatic rings. The summed E-state index contributed by atoms with van der Waals surface area (Å²) in [6.45, 7) is 21.7. The van der Waals surface area contributed by atoms with E-state index < -0.39 is 42.6 Å². The number of Topliss-reactive ketones (excluding diaryl/α,β-unsaturated/α-hetero) is 2. The van der Waals surface area contributed by atoms with E-state index in [0.29, 0.717) is 25.7 Å². The molecule has 44 heavy (non-hydrogen) atoms. The molecule has 0 aromatic heterocycles. The molecular formula is C32H62N2O8S2. The molecule has 0 heterocycles. The lowest BCUT2D eigenvalue weighted by atomic mass is 9.70. The standard InChI is InChI=1S/2C10H16O4S.2C6H15N/c2*1-9(2)7-3-4-10(9,8(11)5-7)6-15(12,13)14;2*1-3-5-7-6-4-2/h2*7H,3-6H2,1-2H3,(H,12,13,14);2*7H,3-6H2,1-2H3/t2*7-,10-;;/m11../s1. The summed E-state index contributed by atoms with van der Waals surface area (Å²) in [6, 6.07) is 0. The number of carbonyl (C=O) groups excluding carboxylic acids is 2. The van der Waals surface area contributed by atoms with Crippen molar-refractivity contribution in [3.63, 3.8) is 0 Å². The molecule has 0 radical (unpaired) electrons. The maximum atomic E-state index is 11.8. The van der Waals surface area contributed by atoms with Gasteiger partial charge in [-0.15, -0.1) is 0 Å². The van der Waals surface area contributed by atoms with Crippen molar-refractivity contribution in [3.8, 4) is 0 Å². The molecule has 4 rings (SSSR count). The van der Waals surface area contributed by atoms with E-state index in [1.165, 1.54) is 51.9 Å². The van der Waals surface area contributed by atoms with Crippen LogP contribution >= 0.6 is 0 Å². The maximum Gasteiger partial charge on any atom is 0.140 e. The molecule has 0 amide bonds. The van der Waals surface area contributed by atoms with Crippen LogP contribution in [0, 0.1) is 33.5 Å². The van der Waals surface area contributed by atoms with Crippen LogP contribution in [0.2, 0.25) is 0 Å². The van der Waals surface area contributed by atoms with Gasteiger partial charge in [0.05, 0.1) is 57.9 Å². The third kappa shape index (κ3) is 10.0. The predicted molar refractivity (Wildman–Crippen MR) is 171 cm³/mol. The van der Waals surface area contributed by atoms with Gasteiger partial charge in [-0.3, -0.25) is 9.59 Å². The maximum absolute atomic E-state index is 11.8. The van der Waals surface area contributed by atoms with Gasteiger partial charge >= 0.3 is 0 Å². The second-order valence-electron chi connectivity index (χ2n) is 14.5. The zero-order valence-electron chi connectivity index (χ0n) is 28.7. The van der Waals surface area contributed by atoms with Crippen LogP contribution < -0.4 is 10.6 Å². The van der Waals surface area contributed by atoms with Gasteiger partial charge in [-0.2, -0.15) is 0 Å². The smallest absolute Gasteiger partial charge is 0.140 e. The first-order valence-corrected chi connectivity index (χ1v) is 19.9. The second-order valence-corrected chi connectivity index (χ2v) is 17.3. The molecule has 4 bridgehead atoms. The molecule has 0 spiro atoms. The van der Waals surface area contributed by atoms with E-state index >= 15 is 0 Å². The minimum atomic E-state index is -4.33. The molecule has 0 aromatic carbocycles. The summed E-state index contributed by atoms with van der Waals surface area (Å²) >= 11 is 0. The Morgan fingerprint density at radius 3 is 1.05 bits per heavy atom. The van der Waals surface area contributed by atoms with Crippen molar-refractivity contribution in [2.75, 3.05) is 37.7 Å². The summed E-state index contributed by atoms with van der Waals surface area (Å²) in [7, 11) is -8.65. The van der Waals surface area contributed by atoms with E-state index in [1.807, 2.05) is 27.7 Å². The van der Waals surface area contributed by atoms with Gasteiger partial charge in [-0.1, -0.05) is 55.4 Å². The van der Waals surface area contributed by atoms with Crippen molar-refractivity contribution < 1.29 is 46.2 Å². The zero-order valence-corrected chi connectivity index (χ0v) is 30.3. The van der Waals surface area contributed by atoms with Crippen molar-refractivity contribution in [2.24, 2.45) is 33.5 Å². The average molecular weight is 667 g/mol. The second kappa shape index (κ2) is 16.8. The molecular weight excluding hydrogens is 604 g/mol. The molecule has 0 aliphatic heterocycles. The lowest BCUT2D eigenvalue weighted by molar-refractivity contribution is -0.654. The Balaban J connectivity index is 0.000000314. The third-order valence-electron chi connectivity index (χ3n) is 11.1. The Labute approximate surface area is 268 Å². The van der Waals surface area contributed by atoms with Crippen LogP contribution in [-0.4, -0.2) is 75.2 Å². The monoisotopic (exact) mass is 666 g/mol. The first-order valence-electron chi connectivity index (χ1n) is 16.8. The largest absolute Gasteiger partial charge is 0.748 e. The highest BCUT2D eigenvalue weighted by molar-refractivity contribution is 7.86. The Hall–Kier alpha value is -0.920. The van der Waals surface area contributed by atoms with Crippen molar-refractivity contribution >= 4 is 31.8 Å². The Kier molecular flexibility index (Phi) is 15.7. The molecule has 4 aliphatic carbocycles. The summed E-state index contributed by atoms with van der Waals surface area (Å²) in [6.07, 6.45) is 8.98. The Morgan fingerprint density at radius 1 is 0.614 bits per heavy atom. The summed E-state index contributed by atoms with van der Waals surface area (Å²) in [5.41, 5.74) is -2.44. The lowest BCUT2D eigenvalue weighted by Gasteiger charge is -2.37. The number of carbonyl (C=O) groups is 2. The normalized spacial score (nSPS) is 29.3. The minimum Gasteiger partial charge on any atom is -0.748 e. The molecule has 10 nitrogen and oxygen atoms in total. The highest BCUT2D eigenvalue weighted by Crippen LogP contribution is 2.65. The number of hydrogen-bond donors (Lipinski definition) is 2. The van der Waals surface area contributed by atoms with Gasteiger partial charge in [-0.25, -0.2) is 16.8 Å². The van der Waals surface area contributed by atoms with Crippen LogP contribution in [0.4, 0.5) is 0 Å². The molecule has 0 aromatic rings. The topological polar surface area (TPSA) is 182 Å². The van der Waals surface area contributed by atoms with Crippen LogP contribution in [0.5, 0.6) is 0 Å². The fraction of sp³-hybridized carbons (Fsp3) is 0.938. The number of hydrogen-bond acceptors (Lipinski definition) is 8. The van der Waals surface area contributed by atoms with E-state index in [9.17, 15) is 35.5 Å². The molecule has 4 N–H and O–H groups in total. The fourth-order valence-electron chi connectivity index (χ4n) is 7.93. The first-order chi connectivity index (χ1) is 20.2. The van der Waals surface area contributed by atoms with E-state index in [-0.39, 0.29) is 34.2 Å². The van der Waals surface area contributed by atoms with Crippen LogP contribution in [0.15, 0.2) is 0 Å². The van der Waals surface area contributed by atoms with Crippen LogP contribution in [-0.2, 0) is 29.8 Å². The number of quaternary nitrogens is 2. The molecule has 4 saturated carbocycles. The van der Waals surface area contributed by atoms with E-state index in [0.717, 1.165) is 12.8 Å². The Morgan fingerprint density at radius 2 is 0.886 bits per heavy atom. The quantitative estimate of drug-likeness (QED) is 0.235. The summed E-state index contributed by atoms with van der Waals surface area (Å²) in [5.74, 6) is -0.560. The van der Waals surface area contributed by atoms with Gasteiger partial charge in [0, 0.05) is 23.7 Å². The molecule has 4 atom stereocenters. The third-order valence-corrected chi connectivity index (χ3v) is 12.8. The summed E-state index contributed by atoms with van der Waals surface area (Å²) < 4.78 is 65.4. The molecule has 260 valence electrons. The van der Waals surface area contributed by atoms with Crippen molar-refractivity contribution in [2.45, 2.75) is 120 Å². The predicted octanol–water partition coefficient (Wildman–Crippen LogP) is 2.59. The molecule has 12 heteroatoms. The number of rotatable bonds is 12. The van der Waals surface area contributed by atoms with Gasteiger partial charge in [0.25, 0.3) is 0 Å². The van der Waals surface area contributed by atoms with Crippen molar-refractivity contribution in [3.05, 3.63) is 0 Å². The van der Waals surface area contributed by atoms with E-state index in [4.69, 9.17) is 0 Å². The fourth-order valence-corrected chi connectivity index (χ4v) is 10.5. The Bertz CT molecular complexity index is 1050. The highest BCUT2D eigenvalue weighted by atomic mass is 32.2. The van der Waals surface area contributed by atoms with Gasteiger partial charge in [-0.05, 0) is 74.0 Å². The molecule has 0 unspecified atom stereocenters. The number of fused-ring (bicyclic) bond motifs is 4. The van der Waals surface area contributed by atoms with E-state index in [2.05, 4.69) is 38.3 Å².